The molecule has 2 aromatic rings. The topological polar surface area (TPSA) is 47.1 Å². The fourth-order valence-electron chi connectivity index (χ4n) is 2.24. The lowest BCUT2D eigenvalue weighted by Gasteiger charge is -2.27. The van der Waals surface area contributed by atoms with E-state index in [2.05, 4.69) is 10.00 Å². The van der Waals surface area contributed by atoms with Crippen molar-refractivity contribution in [2.24, 2.45) is 12.8 Å². The lowest BCUT2D eigenvalue weighted by molar-refractivity contribution is 0.241. The number of benzene rings is 1. The number of nitrogens with zero attached hydrogens (tertiary/aromatic N) is 3. The molecule has 0 fully saturated rings. The molecule has 108 valence electrons. The van der Waals surface area contributed by atoms with Crippen LogP contribution in [0.25, 0.3) is 0 Å². The summed E-state index contributed by atoms with van der Waals surface area (Å²) in [4.78, 5) is 2.07. The van der Waals surface area contributed by atoms with Crippen LogP contribution in [0.4, 0.5) is 4.39 Å². The monoisotopic (exact) mass is 296 g/mol. The number of hydrogen-bond acceptors (Lipinski definition) is 3. The van der Waals surface area contributed by atoms with Crippen molar-refractivity contribution < 1.29 is 4.39 Å². The largest absolute Gasteiger partial charge is 0.329 e. The van der Waals surface area contributed by atoms with Crippen LogP contribution in [0.5, 0.6) is 0 Å². The average Bonchev–Trinajstić information content (AvgIpc) is 2.80. The van der Waals surface area contributed by atoms with E-state index in [1.807, 2.05) is 32.6 Å². The van der Waals surface area contributed by atoms with Crippen LogP contribution in [0.15, 0.2) is 30.6 Å². The standard InChI is InChI=1S/C14H18ClFN4/c1-19(8-10-7-18-20(2)9-10)14(6-17)11-3-4-12(15)13(16)5-11/h3-5,7,9,14H,6,8,17H2,1-2H3. The second-order valence-electron chi connectivity index (χ2n) is 4.86. The highest BCUT2D eigenvalue weighted by atomic mass is 35.5. The molecule has 0 saturated carbocycles. The van der Waals surface area contributed by atoms with Gasteiger partial charge in [0.1, 0.15) is 5.82 Å². The molecule has 1 heterocycles. The van der Waals surface area contributed by atoms with Gasteiger partial charge in [-0.15, -0.1) is 0 Å². The first-order valence-corrected chi connectivity index (χ1v) is 6.72. The summed E-state index contributed by atoms with van der Waals surface area (Å²) in [7, 11) is 3.83. The normalized spacial score (nSPS) is 12.9. The van der Waals surface area contributed by atoms with Gasteiger partial charge in [-0.05, 0) is 24.7 Å². The predicted molar refractivity (Wildman–Crippen MR) is 77.9 cm³/mol. The van der Waals surface area contributed by atoms with Gasteiger partial charge in [0.2, 0.25) is 0 Å². The molecule has 0 amide bonds. The van der Waals surface area contributed by atoms with E-state index in [1.54, 1.807) is 10.7 Å². The molecule has 0 radical (unpaired) electrons. The van der Waals surface area contributed by atoms with Crippen molar-refractivity contribution in [3.05, 3.63) is 52.6 Å². The Morgan fingerprint density at radius 1 is 1.50 bits per heavy atom. The molecule has 0 spiro atoms. The van der Waals surface area contributed by atoms with Crippen molar-refractivity contribution in [1.29, 1.82) is 0 Å². The van der Waals surface area contributed by atoms with Gasteiger partial charge >= 0.3 is 0 Å². The van der Waals surface area contributed by atoms with Crippen LogP contribution >= 0.6 is 11.6 Å². The van der Waals surface area contributed by atoms with Gasteiger partial charge in [0.05, 0.1) is 11.2 Å². The number of likely N-dealkylation sites (N-methyl/N-ethyl adjacent to an activating group) is 1. The van der Waals surface area contributed by atoms with E-state index in [0.717, 1.165) is 11.1 Å². The number of hydrogen-bond donors (Lipinski definition) is 1. The van der Waals surface area contributed by atoms with Crippen LogP contribution in [-0.4, -0.2) is 28.3 Å². The van der Waals surface area contributed by atoms with Gasteiger partial charge in [0, 0.05) is 37.9 Å². The highest BCUT2D eigenvalue weighted by molar-refractivity contribution is 6.30. The summed E-state index contributed by atoms with van der Waals surface area (Å²) in [5.41, 5.74) is 7.74. The third kappa shape index (κ3) is 3.36. The molecule has 4 nitrogen and oxygen atoms in total. The summed E-state index contributed by atoms with van der Waals surface area (Å²) < 4.78 is 15.3. The van der Waals surface area contributed by atoms with Crippen molar-refractivity contribution in [1.82, 2.24) is 14.7 Å². The van der Waals surface area contributed by atoms with Gasteiger partial charge in [0.25, 0.3) is 0 Å². The van der Waals surface area contributed by atoms with Crippen molar-refractivity contribution in [2.45, 2.75) is 12.6 Å². The van der Waals surface area contributed by atoms with Crippen molar-refractivity contribution in [3.63, 3.8) is 0 Å². The van der Waals surface area contributed by atoms with Crippen LogP contribution in [0.2, 0.25) is 5.02 Å². The zero-order chi connectivity index (χ0) is 14.7. The number of halogens is 2. The first-order valence-electron chi connectivity index (χ1n) is 6.34. The maximum absolute atomic E-state index is 13.6. The van der Waals surface area contributed by atoms with Gasteiger partial charge in [-0.2, -0.15) is 5.10 Å². The highest BCUT2D eigenvalue weighted by Gasteiger charge is 2.17. The summed E-state index contributed by atoms with van der Waals surface area (Å²) in [6.45, 7) is 1.10. The van der Waals surface area contributed by atoms with Gasteiger partial charge in [-0.3, -0.25) is 9.58 Å². The Bertz CT molecular complexity index is 584. The summed E-state index contributed by atoms with van der Waals surface area (Å²) >= 11 is 5.71. The van der Waals surface area contributed by atoms with E-state index in [1.165, 1.54) is 6.07 Å². The molecule has 0 aliphatic carbocycles. The molecular formula is C14H18ClFN4. The van der Waals surface area contributed by atoms with Crippen molar-refractivity contribution in [3.8, 4) is 0 Å². The zero-order valence-electron chi connectivity index (χ0n) is 11.6. The minimum atomic E-state index is -0.419. The van der Waals surface area contributed by atoms with E-state index < -0.39 is 5.82 Å². The quantitative estimate of drug-likeness (QED) is 0.921. The second kappa shape index (κ2) is 6.35. The van der Waals surface area contributed by atoms with E-state index in [9.17, 15) is 4.39 Å². The summed E-state index contributed by atoms with van der Waals surface area (Å²) in [5, 5.41) is 4.26. The fraction of sp³-hybridized carbons (Fsp3) is 0.357. The molecule has 1 aromatic heterocycles. The Hall–Kier alpha value is -1.43. The zero-order valence-corrected chi connectivity index (χ0v) is 12.3. The smallest absolute Gasteiger partial charge is 0.142 e. The molecule has 2 rings (SSSR count). The van der Waals surface area contributed by atoms with E-state index >= 15 is 0 Å². The Balaban J connectivity index is 2.16. The molecule has 1 unspecified atom stereocenters. The lowest BCUT2D eigenvalue weighted by atomic mass is 10.1. The van der Waals surface area contributed by atoms with Crippen LogP contribution in [0.1, 0.15) is 17.2 Å². The third-order valence-corrected chi connectivity index (χ3v) is 3.58. The minimum absolute atomic E-state index is 0.0676. The van der Waals surface area contributed by atoms with Crippen LogP contribution in [0, 0.1) is 5.82 Å². The number of aromatic nitrogens is 2. The van der Waals surface area contributed by atoms with Crippen LogP contribution in [-0.2, 0) is 13.6 Å². The molecule has 2 N–H and O–H groups in total. The predicted octanol–water partition coefficient (Wildman–Crippen LogP) is 2.34. The maximum Gasteiger partial charge on any atom is 0.142 e. The van der Waals surface area contributed by atoms with Crippen LogP contribution in [0.3, 0.4) is 0 Å². The number of nitrogens with two attached hydrogens (primary N) is 1. The number of aryl methyl sites for hydroxylation is 1. The number of rotatable bonds is 5. The van der Waals surface area contributed by atoms with E-state index in [4.69, 9.17) is 17.3 Å². The molecule has 1 atom stereocenters. The Labute approximate surface area is 122 Å². The Morgan fingerprint density at radius 3 is 2.80 bits per heavy atom. The van der Waals surface area contributed by atoms with Gasteiger partial charge in [-0.25, -0.2) is 4.39 Å². The van der Waals surface area contributed by atoms with Gasteiger partial charge in [0.15, 0.2) is 0 Å². The molecule has 1 aromatic carbocycles. The molecule has 0 aliphatic rings. The molecule has 0 aliphatic heterocycles. The second-order valence-corrected chi connectivity index (χ2v) is 5.27. The summed E-state index contributed by atoms with van der Waals surface area (Å²) in [6, 6.07) is 4.75. The maximum atomic E-state index is 13.6. The molecule has 6 heteroatoms. The average molecular weight is 297 g/mol. The third-order valence-electron chi connectivity index (χ3n) is 3.27. The minimum Gasteiger partial charge on any atom is -0.329 e. The Kier molecular flexibility index (Phi) is 4.75. The molecule has 0 saturated heterocycles. The van der Waals surface area contributed by atoms with Crippen molar-refractivity contribution >= 4 is 11.6 Å². The fourth-order valence-corrected chi connectivity index (χ4v) is 2.36. The first-order chi connectivity index (χ1) is 9.51. The van der Waals surface area contributed by atoms with Crippen molar-refractivity contribution in [2.75, 3.05) is 13.6 Å². The Morgan fingerprint density at radius 2 is 2.25 bits per heavy atom. The van der Waals surface area contributed by atoms with E-state index in [-0.39, 0.29) is 11.1 Å². The van der Waals surface area contributed by atoms with E-state index in [0.29, 0.717) is 13.1 Å². The summed E-state index contributed by atoms with van der Waals surface area (Å²) in [5.74, 6) is -0.419. The molecule has 20 heavy (non-hydrogen) atoms. The SMILES string of the molecule is CN(Cc1cnn(C)c1)C(CN)c1ccc(Cl)c(F)c1. The molecular weight excluding hydrogens is 279 g/mol. The lowest BCUT2D eigenvalue weighted by Crippen LogP contribution is -2.30. The summed E-state index contributed by atoms with van der Waals surface area (Å²) in [6.07, 6.45) is 3.76. The highest BCUT2D eigenvalue weighted by Crippen LogP contribution is 2.24. The van der Waals surface area contributed by atoms with Crippen LogP contribution < -0.4 is 5.73 Å². The van der Waals surface area contributed by atoms with Gasteiger partial charge < -0.3 is 5.73 Å². The first kappa shape index (κ1) is 15.0. The molecule has 0 bridgehead atoms. The van der Waals surface area contributed by atoms with Gasteiger partial charge in [-0.1, -0.05) is 17.7 Å².